The Morgan fingerprint density at radius 1 is 1.22 bits per heavy atom. The van der Waals surface area contributed by atoms with Crippen molar-refractivity contribution in [3.05, 3.63) is 71.7 Å². The third-order valence-corrected chi connectivity index (χ3v) is 3.87. The molecule has 0 radical (unpaired) electrons. The molecule has 2 aromatic carbocycles. The average molecular weight is 363 g/mol. The molecule has 2 N–H and O–H groups in total. The number of hydrogen-bond acceptors (Lipinski definition) is 3. The van der Waals surface area contributed by atoms with Crippen molar-refractivity contribution in [2.75, 3.05) is 5.32 Å². The van der Waals surface area contributed by atoms with Crippen LogP contribution in [0.1, 0.15) is 5.56 Å². The number of nitriles is 1. The van der Waals surface area contributed by atoms with E-state index in [0.717, 1.165) is 6.07 Å². The maximum absolute atomic E-state index is 13.2. The van der Waals surface area contributed by atoms with E-state index >= 15 is 0 Å². The van der Waals surface area contributed by atoms with E-state index < -0.39 is 17.7 Å². The topological polar surface area (TPSA) is 95.1 Å². The molecule has 7 heteroatoms. The summed E-state index contributed by atoms with van der Waals surface area (Å²) >= 11 is 0. The highest BCUT2D eigenvalue weighted by atomic mass is 19.1. The van der Waals surface area contributed by atoms with Crippen molar-refractivity contribution in [1.82, 2.24) is 4.57 Å². The van der Waals surface area contributed by atoms with Gasteiger partial charge >= 0.3 is 5.97 Å². The van der Waals surface area contributed by atoms with E-state index in [9.17, 15) is 19.2 Å². The highest BCUT2D eigenvalue weighted by Gasteiger charge is 2.14. The number of benzene rings is 2. The van der Waals surface area contributed by atoms with Gasteiger partial charge < -0.3 is 15.0 Å². The van der Waals surface area contributed by atoms with Gasteiger partial charge in [-0.1, -0.05) is 24.3 Å². The highest BCUT2D eigenvalue weighted by Crippen LogP contribution is 2.24. The van der Waals surface area contributed by atoms with Gasteiger partial charge in [-0.25, -0.2) is 4.39 Å². The number of rotatable bonds is 5. The minimum Gasteiger partial charge on any atom is -0.480 e. The summed E-state index contributed by atoms with van der Waals surface area (Å²) in [5.41, 5.74) is 1.26. The van der Waals surface area contributed by atoms with Crippen molar-refractivity contribution < 1.29 is 19.1 Å². The van der Waals surface area contributed by atoms with E-state index in [1.165, 1.54) is 28.8 Å². The number of carboxylic acid groups (broad SMARTS) is 1. The quantitative estimate of drug-likeness (QED) is 0.536. The molecule has 0 saturated carbocycles. The molecule has 1 aromatic heterocycles. The molecule has 0 aliphatic carbocycles. The molecule has 3 aromatic rings. The van der Waals surface area contributed by atoms with Crippen molar-refractivity contribution in [2.45, 2.75) is 6.54 Å². The summed E-state index contributed by atoms with van der Waals surface area (Å²) in [5, 5.41) is 21.6. The molecule has 1 heterocycles. The summed E-state index contributed by atoms with van der Waals surface area (Å²) in [4.78, 5) is 23.4. The molecule has 134 valence electrons. The van der Waals surface area contributed by atoms with Crippen LogP contribution in [0, 0.1) is 17.1 Å². The second kappa shape index (κ2) is 7.54. The predicted molar refractivity (Wildman–Crippen MR) is 98.2 cm³/mol. The Hall–Kier alpha value is -3.92. The number of fused-ring (bicyclic) bond motifs is 1. The lowest BCUT2D eigenvalue weighted by atomic mass is 10.1. The van der Waals surface area contributed by atoms with Crippen LogP contribution in [0.3, 0.4) is 0 Å². The number of aromatic nitrogens is 1. The van der Waals surface area contributed by atoms with E-state index in [1.807, 2.05) is 6.07 Å². The first-order valence-electron chi connectivity index (χ1n) is 7.96. The fourth-order valence-corrected chi connectivity index (χ4v) is 2.74. The Morgan fingerprint density at radius 3 is 2.70 bits per heavy atom. The summed E-state index contributed by atoms with van der Waals surface area (Å²) in [6, 6.07) is 14.3. The number of para-hydroxylation sites is 1. The van der Waals surface area contributed by atoms with E-state index in [1.54, 1.807) is 30.5 Å². The van der Waals surface area contributed by atoms with Gasteiger partial charge in [0, 0.05) is 28.4 Å². The zero-order valence-electron chi connectivity index (χ0n) is 14.0. The van der Waals surface area contributed by atoms with Crippen LogP contribution in [-0.2, 0) is 16.1 Å². The first-order chi connectivity index (χ1) is 13.0. The number of amides is 1. The molecule has 0 saturated heterocycles. The van der Waals surface area contributed by atoms with E-state index in [-0.39, 0.29) is 17.8 Å². The van der Waals surface area contributed by atoms with E-state index in [4.69, 9.17) is 5.11 Å². The largest absolute Gasteiger partial charge is 0.480 e. The van der Waals surface area contributed by atoms with Crippen LogP contribution in [0.5, 0.6) is 0 Å². The standard InChI is InChI=1S/C20H14FN3O3/c21-15-4-3-5-16(9-15)23-20(27)13(10-22)8-14-11-24(12-19(25)26)18-7-2-1-6-17(14)18/h1-9,11H,12H2,(H,23,27)(H,25,26). The van der Waals surface area contributed by atoms with Crippen molar-refractivity contribution in [3.8, 4) is 6.07 Å². The van der Waals surface area contributed by atoms with Crippen LogP contribution in [0.15, 0.2) is 60.3 Å². The smallest absolute Gasteiger partial charge is 0.323 e. The Kier molecular flexibility index (Phi) is 4.99. The fraction of sp³-hybridized carbons (Fsp3) is 0.0500. The lowest BCUT2D eigenvalue weighted by Crippen LogP contribution is -2.13. The van der Waals surface area contributed by atoms with Gasteiger partial charge in [0.1, 0.15) is 24.0 Å². The monoisotopic (exact) mass is 363 g/mol. The van der Waals surface area contributed by atoms with Gasteiger partial charge in [-0.15, -0.1) is 0 Å². The van der Waals surface area contributed by atoms with Crippen molar-refractivity contribution in [1.29, 1.82) is 5.26 Å². The number of anilines is 1. The molecule has 0 aliphatic rings. The summed E-state index contributed by atoms with van der Waals surface area (Å²) < 4.78 is 14.8. The fourth-order valence-electron chi connectivity index (χ4n) is 2.74. The second-order valence-electron chi connectivity index (χ2n) is 5.76. The molecular weight excluding hydrogens is 349 g/mol. The van der Waals surface area contributed by atoms with Gasteiger partial charge in [-0.2, -0.15) is 5.26 Å². The molecule has 1 amide bonds. The van der Waals surface area contributed by atoms with Crippen LogP contribution in [0.2, 0.25) is 0 Å². The Balaban J connectivity index is 1.97. The predicted octanol–water partition coefficient (Wildman–Crippen LogP) is 3.41. The third-order valence-electron chi connectivity index (χ3n) is 3.87. The first kappa shape index (κ1) is 17.9. The van der Waals surface area contributed by atoms with Crippen LogP contribution in [-0.4, -0.2) is 21.6 Å². The summed E-state index contributed by atoms with van der Waals surface area (Å²) in [6.45, 7) is -0.244. The zero-order chi connectivity index (χ0) is 19.4. The molecule has 0 spiro atoms. The summed E-state index contributed by atoms with van der Waals surface area (Å²) in [6.07, 6.45) is 2.96. The number of carbonyl (C=O) groups excluding carboxylic acids is 1. The highest BCUT2D eigenvalue weighted by molar-refractivity contribution is 6.10. The maximum Gasteiger partial charge on any atom is 0.323 e. The first-order valence-corrected chi connectivity index (χ1v) is 7.96. The number of nitrogens with zero attached hydrogens (tertiary/aromatic N) is 2. The zero-order valence-corrected chi connectivity index (χ0v) is 14.0. The maximum atomic E-state index is 13.2. The second-order valence-corrected chi connectivity index (χ2v) is 5.76. The van der Waals surface area contributed by atoms with E-state index in [0.29, 0.717) is 16.5 Å². The van der Waals surface area contributed by atoms with Crippen molar-refractivity contribution in [2.24, 2.45) is 0 Å². The molecule has 6 nitrogen and oxygen atoms in total. The SMILES string of the molecule is N#CC(=Cc1cn(CC(=O)O)c2ccccc12)C(=O)Nc1cccc(F)c1. The van der Waals surface area contributed by atoms with Crippen LogP contribution < -0.4 is 5.32 Å². The molecule has 0 aliphatic heterocycles. The van der Waals surface area contributed by atoms with E-state index in [2.05, 4.69) is 5.32 Å². The summed E-state index contributed by atoms with van der Waals surface area (Å²) in [5.74, 6) is -2.19. The van der Waals surface area contributed by atoms with Gasteiger partial charge in [0.05, 0.1) is 0 Å². The lowest BCUT2D eigenvalue weighted by molar-refractivity contribution is -0.137. The van der Waals surface area contributed by atoms with Gasteiger partial charge in [0.15, 0.2) is 0 Å². The average Bonchev–Trinajstić information content (AvgIpc) is 2.96. The minimum absolute atomic E-state index is 0.183. The Bertz CT molecular complexity index is 1110. The number of halogens is 1. The number of carboxylic acids is 1. The Morgan fingerprint density at radius 2 is 2.00 bits per heavy atom. The number of nitrogens with one attached hydrogen (secondary N) is 1. The van der Waals surface area contributed by atoms with Crippen molar-refractivity contribution >= 4 is 34.5 Å². The lowest BCUT2D eigenvalue weighted by Gasteiger charge is -2.04. The molecule has 0 atom stereocenters. The summed E-state index contributed by atoms with van der Waals surface area (Å²) in [7, 11) is 0. The van der Waals surface area contributed by atoms with Gasteiger partial charge in [0.25, 0.3) is 5.91 Å². The number of carbonyl (C=O) groups is 2. The third kappa shape index (κ3) is 4.02. The molecule has 27 heavy (non-hydrogen) atoms. The van der Waals surface area contributed by atoms with Gasteiger partial charge in [0.2, 0.25) is 0 Å². The van der Waals surface area contributed by atoms with Gasteiger partial charge in [-0.3, -0.25) is 9.59 Å². The minimum atomic E-state index is -1.00. The number of hydrogen-bond donors (Lipinski definition) is 2. The molecule has 0 fully saturated rings. The molecule has 0 bridgehead atoms. The van der Waals surface area contributed by atoms with Crippen LogP contribution >= 0.6 is 0 Å². The van der Waals surface area contributed by atoms with Crippen molar-refractivity contribution in [3.63, 3.8) is 0 Å². The molecule has 0 unspecified atom stereocenters. The number of aliphatic carboxylic acids is 1. The van der Waals surface area contributed by atoms with Crippen LogP contribution in [0.25, 0.3) is 17.0 Å². The molecule has 3 rings (SSSR count). The van der Waals surface area contributed by atoms with Crippen LogP contribution in [0.4, 0.5) is 10.1 Å². The molecular formula is C20H14FN3O3. The Labute approximate surface area is 153 Å². The normalized spacial score (nSPS) is 11.2. The van der Waals surface area contributed by atoms with Gasteiger partial charge in [-0.05, 0) is 30.3 Å².